The molecular formula is C33H34N2O7. The van der Waals surface area contributed by atoms with E-state index < -0.39 is 35.4 Å². The lowest BCUT2D eigenvalue weighted by atomic mass is 9.80. The molecule has 2 aliphatic rings. The van der Waals surface area contributed by atoms with Gasteiger partial charge in [0.1, 0.15) is 19.3 Å². The van der Waals surface area contributed by atoms with E-state index in [-0.39, 0.29) is 51.5 Å². The lowest BCUT2D eigenvalue weighted by Crippen LogP contribution is -2.53. The van der Waals surface area contributed by atoms with E-state index in [1.807, 2.05) is 78.9 Å². The minimum atomic E-state index is -1.22. The van der Waals surface area contributed by atoms with Crippen LogP contribution in [0.4, 0.5) is 4.79 Å². The average Bonchev–Trinajstić information content (AvgIpc) is 3.33. The third-order valence-corrected chi connectivity index (χ3v) is 8.24. The lowest BCUT2D eigenvalue weighted by Gasteiger charge is -2.37. The number of nitrogens with zero attached hydrogens (tertiary/aromatic N) is 1. The number of piperidine rings is 1. The standard InChI is InChI=1S/C33H34N2O7/c1-33(31(38)39)15-17-35(18-16-33)30(37)28(19-29(36)41-20-22-9-3-2-4-10-22)34-32(40)42-21-27-25-13-7-5-11-23(25)24-12-6-8-14-26(24)27/h2-14,27-28H,15-21H2,1H3,(H,34,40)(H,38,39)/t28-/m0/s1. The number of esters is 1. The fourth-order valence-corrected chi connectivity index (χ4v) is 5.60. The topological polar surface area (TPSA) is 122 Å². The minimum Gasteiger partial charge on any atom is -0.481 e. The number of carboxylic acid groups (broad SMARTS) is 1. The molecule has 9 nitrogen and oxygen atoms in total. The van der Waals surface area contributed by atoms with Gasteiger partial charge in [0.2, 0.25) is 5.91 Å². The van der Waals surface area contributed by atoms with Crippen LogP contribution in [0.3, 0.4) is 0 Å². The Balaban J connectivity index is 1.25. The molecule has 0 radical (unpaired) electrons. The van der Waals surface area contributed by atoms with E-state index in [0.717, 1.165) is 27.8 Å². The first-order valence-electron chi connectivity index (χ1n) is 14.1. The smallest absolute Gasteiger partial charge is 0.407 e. The molecule has 1 heterocycles. The van der Waals surface area contributed by atoms with Gasteiger partial charge in [0.25, 0.3) is 0 Å². The number of amides is 2. The van der Waals surface area contributed by atoms with E-state index in [9.17, 15) is 24.3 Å². The van der Waals surface area contributed by atoms with E-state index in [2.05, 4.69) is 5.32 Å². The third-order valence-electron chi connectivity index (χ3n) is 8.24. The van der Waals surface area contributed by atoms with Gasteiger partial charge in [-0.15, -0.1) is 0 Å². The first-order valence-corrected chi connectivity index (χ1v) is 14.1. The molecule has 3 aromatic carbocycles. The molecule has 1 aliphatic heterocycles. The van der Waals surface area contributed by atoms with Crippen LogP contribution in [0.2, 0.25) is 0 Å². The van der Waals surface area contributed by atoms with Gasteiger partial charge in [-0.1, -0.05) is 78.9 Å². The van der Waals surface area contributed by atoms with Crippen LogP contribution in [0, 0.1) is 5.41 Å². The molecule has 2 amide bonds. The quantitative estimate of drug-likeness (QED) is 0.356. The molecule has 0 unspecified atom stereocenters. The van der Waals surface area contributed by atoms with Gasteiger partial charge in [-0.25, -0.2) is 4.79 Å². The molecule has 1 aliphatic carbocycles. The number of fused-ring (bicyclic) bond motifs is 3. The number of aliphatic carboxylic acids is 1. The largest absolute Gasteiger partial charge is 0.481 e. The minimum absolute atomic E-state index is 0.0339. The number of hydrogen-bond acceptors (Lipinski definition) is 6. The second-order valence-corrected chi connectivity index (χ2v) is 11.1. The Morgan fingerprint density at radius 2 is 1.45 bits per heavy atom. The van der Waals surface area contributed by atoms with E-state index in [0.29, 0.717) is 0 Å². The second kappa shape index (κ2) is 12.5. The maximum Gasteiger partial charge on any atom is 0.407 e. The summed E-state index contributed by atoms with van der Waals surface area (Å²) in [5.74, 6) is -2.20. The monoisotopic (exact) mass is 570 g/mol. The number of ether oxygens (including phenoxy) is 2. The van der Waals surface area contributed by atoms with Gasteiger partial charge in [-0.2, -0.15) is 0 Å². The molecule has 9 heteroatoms. The van der Waals surface area contributed by atoms with Gasteiger partial charge in [0.05, 0.1) is 11.8 Å². The SMILES string of the molecule is CC1(C(=O)O)CCN(C(=O)[C@H](CC(=O)OCc2ccccc2)NC(=O)OCC2c3ccccc3-c3ccccc32)CC1. The van der Waals surface area contributed by atoms with Crippen LogP contribution in [0.15, 0.2) is 78.9 Å². The van der Waals surface area contributed by atoms with Gasteiger partial charge in [-0.05, 0) is 47.6 Å². The molecular weight excluding hydrogens is 536 g/mol. The summed E-state index contributed by atoms with van der Waals surface area (Å²) in [7, 11) is 0. The predicted molar refractivity (Wildman–Crippen MR) is 154 cm³/mol. The molecule has 1 atom stereocenters. The number of likely N-dealkylation sites (tertiary alicyclic amines) is 1. The lowest BCUT2D eigenvalue weighted by molar-refractivity contribution is -0.154. The van der Waals surface area contributed by atoms with Crippen molar-refractivity contribution in [3.63, 3.8) is 0 Å². The predicted octanol–water partition coefficient (Wildman–Crippen LogP) is 4.74. The van der Waals surface area contributed by atoms with Crippen molar-refractivity contribution in [2.24, 2.45) is 5.41 Å². The first kappa shape index (κ1) is 28.9. The van der Waals surface area contributed by atoms with Crippen LogP contribution >= 0.6 is 0 Å². The van der Waals surface area contributed by atoms with Crippen molar-refractivity contribution < 1.29 is 33.8 Å². The highest BCUT2D eigenvalue weighted by Gasteiger charge is 2.40. The average molecular weight is 571 g/mol. The van der Waals surface area contributed by atoms with Gasteiger partial charge in [-0.3, -0.25) is 14.4 Å². The van der Waals surface area contributed by atoms with Crippen LogP contribution < -0.4 is 5.32 Å². The van der Waals surface area contributed by atoms with Gasteiger partial charge >= 0.3 is 18.0 Å². The molecule has 218 valence electrons. The number of carboxylic acids is 1. The van der Waals surface area contributed by atoms with Gasteiger partial charge in [0, 0.05) is 19.0 Å². The number of carbonyl (C=O) groups excluding carboxylic acids is 3. The molecule has 5 rings (SSSR count). The molecule has 1 saturated heterocycles. The molecule has 1 fully saturated rings. The fourth-order valence-electron chi connectivity index (χ4n) is 5.60. The highest BCUT2D eigenvalue weighted by atomic mass is 16.5. The molecule has 2 N–H and O–H groups in total. The van der Waals surface area contributed by atoms with Crippen LogP contribution in [0.25, 0.3) is 11.1 Å². The van der Waals surface area contributed by atoms with Crippen molar-refractivity contribution in [1.29, 1.82) is 0 Å². The van der Waals surface area contributed by atoms with Crippen molar-refractivity contribution >= 4 is 23.9 Å². The normalized spacial score (nSPS) is 16.1. The molecule has 0 aromatic heterocycles. The Morgan fingerprint density at radius 3 is 2.05 bits per heavy atom. The van der Waals surface area contributed by atoms with E-state index in [1.165, 1.54) is 4.90 Å². The summed E-state index contributed by atoms with van der Waals surface area (Å²) >= 11 is 0. The fraction of sp³-hybridized carbons (Fsp3) is 0.333. The van der Waals surface area contributed by atoms with Crippen LogP contribution in [0.5, 0.6) is 0 Å². The van der Waals surface area contributed by atoms with Gasteiger partial charge in [0.15, 0.2) is 0 Å². The molecule has 0 spiro atoms. The zero-order valence-electron chi connectivity index (χ0n) is 23.5. The van der Waals surface area contributed by atoms with Crippen molar-refractivity contribution in [1.82, 2.24) is 10.2 Å². The van der Waals surface area contributed by atoms with Crippen LogP contribution in [0.1, 0.15) is 48.8 Å². The van der Waals surface area contributed by atoms with Crippen LogP contribution in [-0.4, -0.2) is 59.7 Å². The number of carbonyl (C=O) groups is 4. The van der Waals surface area contributed by atoms with Gasteiger partial charge < -0.3 is 24.8 Å². The maximum atomic E-state index is 13.5. The van der Waals surface area contributed by atoms with E-state index >= 15 is 0 Å². The summed E-state index contributed by atoms with van der Waals surface area (Å²) in [6.07, 6.45) is -0.671. The first-order chi connectivity index (χ1) is 20.2. The Bertz CT molecular complexity index is 1420. The van der Waals surface area contributed by atoms with Crippen molar-refractivity contribution in [3.8, 4) is 11.1 Å². The Morgan fingerprint density at radius 1 is 0.881 bits per heavy atom. The number of benzene rings is 3. The summed E-state index contributed by atoms with van der Waals surface area (Å²) in [5.41, 5.74) is 4.16. The summed E-state index contributed by atoms with van der Waals surface area (Å²) in [6.45, 7) is 2.14. The molecule has 0 bridgehead atoms. The molecule has 0 saturated carbocycles. The molecule has 42 heavy (non-hydrogen) atoms. The number of hydrogen-bond donors (Lipinski definition) is 2. The zero-order chi connectivity index (χ0) is 29.7. The number of alkyl carbamates (subject to hydrolysis) is 1. The summed E-state index contributed by atoms with van der Waals surface area (Å²) in [5, 5.41) is 12.1. The van der Waals surface area contributed by atoms with E-state index in [4.69, 9.17) is 9.47 Å². The second-order valence-electron chi connectivity index (χ2n) is 11.1. The number of rotatable bonds is 9. The summed E-state index contributed by atoms with van der Waals surface area (Å²) < 4.78 is 11.0. The highest BCUT2D eigenvalue weighted by molar-refractivity contribution is 5.90. The van der Waals surface area contributed by atoms with Crippen molar-refractivity contribution in [3.05, 3.63) is 95.6 Å². The summed E-state index contributed by atoms with van der Waals surface area (Å²) in [6, 6.07) is 23.9. The zero-order valence-corrected chi connectivity index (χ0v) is 23.5. The third kappa shape index (κ3) is 6.30. The van der Waals surface area contributed by atoms with E-state index in [1.54, 1.807) is 6.92 Å². The Hall–Kier alpha value is -4.66. The van der Waals surface area contributed by atoms with Crippen molar-refractivity contribution in [2.75, 3.05) is 19.7 Å². The Labute approximate surface area is 244 Å². The summed E-state index contributed by atoms with van der Waals surface area (Å²) in [4.78, 5) is 52.5. The van der Waals surface area contributed by atoms with Crippen LogP contribution in [-0.2, 0) is 30.5 Å². The highest BCUT2D eigenvalue weighted by Crippen LogP contribution is 2.44. The Kier molecular flexibility index (Phi) is 8.56. The maximum absolute atomic E-state index is 13.5. The van der Waals surface area contributed by atoms with Crippen molar-refractivity contribution in [2.45, 2.75) is 44.8 Å². The molecule has 3 aromatic rings. The number of nitrogens with one attached hydrogen (secondary N) is 1.